The molecule has 0 aliphatic heterocycles. The molecule has 2 aromatic heterocycles. The Morgan fingerprint density at radius 2 is 2.09 bits per heavy atom. The molecule has 23 heavy (non-hydrogen) atoms. The van der Waals surface area contributed by atoms with Crippen LogP contribution in [0.1, 0.15) is 22.4 Å². The Morgan fingerprint density at radius 3 is 2.65 bits per heavy atom. The van der Waals surface area contributed by atoms with Gasteiger partial charge in [-0.3, -0.25) is 0 Å². The third-order valence-electron chi connectivity index (χ3n) is 2.89. The number of aromatic nitrogens is 1. The summed E-state index contributed by atoms with van der Waals surface area (Å²) in [7, 11) is 4.00. The number of halogens is 1. The highest BCUT2D eigenvalue weighted by Crippen LogP contribution is 2.18. The Kier molecular flexibility index (Phi) is 8.85. The maximum absolute atomic E-state index is 4.60. The van der Waals surface area contributed by atoms with Crippen LogP contribution >= 0.6 is 46.7 Å². The largest absolute Gasteiger partial charge is 0.357 e. The van der Waals surface area contributed by atoms with Crippen molar-refractivity contribution < 1.29 is 0 Å². The molecule has 0 aliphatic rings. The van der Waals surface area contributed by atoms with Crippen LogP contribution in [0.5, 0.6) is 0 Å². The number of hydrogen-bond acceptors (Lipinski definition) is 5. The first-order chi connectivity index (χ1) is 10.6. The minimum atomic E-state index is 0. The Balaban J connectivity index is 0.00000264. The summed E-state index contributed by atoms with van der Waals surface area (Å²) in [5.74, 6) is 0.827. The van der Waals surface area contributed by atoms with Crippen LogP contribution in [-0.2, 0) is 13.1 Å². The smallest absolute Gasteiger partial charge is 0.191 e. The van der Waals surface area contributed by atoms with Gasteiger partial charge in [0, 0.05) is 35.8 Å². The Hall–Kier alpha value is -0.870. The number of rotatable bonds is 6. The molecule has 0 spiro atoms. The van der Waals surface area contributed by atoms with E-state index in [4.69, 9.17) is 0 Å². The molecule has 0 saturated carbocycles. The van der Waals surface area contributed by atoms with Gasteiger partial charge in [0.15, 0.2) is 11.1 Å². The Labute approximate surface area is 163 Å². The maximum atomic E-state index is 4.60. The van der Waals surface area contributed by atoms with Crippen LogP contribution in [-0.4, -0.2) is 31.6 Å². The molecule has 0 bridgehead atoms. The summed E-state index contributed by atoms with van der Waals surface area (Å²) in [5.41, 5.74) is 0.998. The van der Waals surface area contributed by atoms with Gasteiger partial charge in [0.25, 0.3) is 0 Å². The van der Waals surface area contributed by atoms with Crippen LogP contribution in [0.25, 0.3) is 0 Å². The third kappa shape index (κ3) is 6.64. The topological polar surface area (TPSA) is 52.6 Å². The Morgan fingerprint density at radius 1 is 1.30 bits per heavy atom. The standard InChI is InChI=1S/C15H23N5S2.HI/c1-5-16-14(18-9-13-7-6-11(2)22-13)17-8-12-10-21-15(19-12)20(3)4;/h6-7,10H,5,8-9H2,1-4H3,(H2,16,17,18);1H. The van der Waals surface area contributed by atoms with Crippen LogP contribution in [0.3, 0.4) is 0 Å². The molecule has 0 atom stereocenters. The molecule has 2 aromatic rings. The van der Waals surface area contributed by atoms with Gasteiger partial charge < -0.3 is 15.5 Å². The van der Waals surface area contributed by atoms with Crippen LogP contribution in [0.15, 0.2) is 22.5 Å². The van der Waals surface area contributed by atoms with Crippen molar-refractivity contribution in [2.45, 2.75) is 26.9 Å². The van der Waals surface area contributed by atoms with E-state index >= 15 is 0 Å². The zero-order valence-corrected chi connectivity index (χ0v) is 17.9. The van der Waals surface area contributed by atoms with E-state index in [-0.39, 0.29) is 24.0 Å². The first kappa shape index (κ1) is 20.2. The van der Waals surface area contributed by atoms with Gasteiger partial charge in [-0.2, -0.15) is 0 Å². The summed E-state index contributed by atoms with van der Waals surface area (Å²) < 4.78 is 0. The first-order valence-corrected chi connectivity index (χ1v) is 8.97. The molecule has 8 heteroatoms. The second-order valence-electron chi connectivity index (χ2n) is 5.08. The summed E-state index contributed by atoms with van der Waals surface area (Å²) in [6.45, 7) is 6.42. The molecule has 2 rings (SSSR count). The highest BCUT2D eigenvalue weighted by atomic mass is 127. The molecule has 0 amide bonds. The lowest BCUT2D eigenvalue weighted by molar-refractivity contribution is 0.820. The van der Waals surface area contributed by atoms with Crippen molar-refractivity contribution in [3.05, 3.63) is 33.0 Å². The van der Waals surface area contributed by atoms with Crippen LogP contribution < -0.4 is 15.5 Å². The number of aliphatic imine (C=N–C) groups is 1. The maximum Gasteiger partial charge on any atom is 0.191 e. The fraction of sp³-hybridized carbons (Fsp3) is 0.467. The van der Waals surface area contributed by atoms with Crippen molar-refractivity contribution in [2.24, 2.45) is 4.99 Å². The molecule has 5 nitrogen and oxygen atoms in total. The molecule has 128 valence electrons. The van der Waals surface area contributed by atoms with E-state index in [0.717, 1.165) is 29.9 Å². The van der Waals surface area contributed by atoms with Gasteiger partial charge in [-0.05, 0) is 26.0 Å². The van der Waals surface area contributed by atoms with Gasteiger partial charge in [0.2, 0.25) is 0 Å². The Bertz CT molecular complexity index is 621. The van der Waals surface area contributed by atoms with Crippen molar-refractivity contribution in [3.8, 4) is 0 Å². The van der Waals surface area contributed by atoms with Crippen LogP contribution in [0, 0.1) is 6.92 Å². The number of hydrogen-bond donors (Lipinski definition) is 2. The molecule has 0 saturated heterocycles. The number of aryl methyl sites for hydroxylation is 1. The molecule has 0 radical (unpaired) electrons. The molecule has 0 fully saturated rings. The van der Waals surface area contributed by atoms with E-state index in [2.05, 4.69) is 52.0 Å². The first-order valence-electron chi connectivity index (χ1n) is 7.27. The summed E-state index contributed by atoms with van der Waals surface area (Å²) in [4.78, 5) is 13.8. The van der Waals surface area contributed by atoms with Crippen molar-refractivity contribution in [1.82, 2.24) is 15.6 Å². The molecule has 2 N–H and O–H groups in total. The van der Waals surface area contributed by atoms with Crippen LogP contribution in [0.2, 0.25) is 0 Å². The molecule has 0 aliphatic carbocycles. The lowest BCUT2D eigenvalue weighted by atomic mass is 10.4. The number of guanidine groups is 1. The van der Waals surface area contributed by atoms with Crippen LogP contribution in [0.4, 0.5) is 5.13 Å². The van der Waals surface area contributed by atoms with Gasteiger partial charge >= 0.3 is 0 Å². The molecular formula is C15H24IN5S2. The normalized spacial score (nSPS) is 11.0. The second-order valence-corrected chi connectivity index (χ2v) is 7.29. The quantitative estimate of drug-likeness (QED) is 0.390. The summed E-state index contributed by atoms with van der Waals surface area (Å²) in [6.07, 6.45) is 0. The molecule has 0 unspecified atom stereocenters. The van der Waals surface area contributed by atoms with Crippen molar-refractivity contribution in [2.75, 3.05) is 25.5 Å². The van der Waals surface area contributed by atoms with Gasteiger partial charge in [-0.15, -0.1) is 46.7 Å². The fourth-order valence-corrected chi connectivity index (χ4v) is 3.41. The van der Waals surface area contributed by atoms with E-state index in [0.29, 0.717) is 6.54 Å². The van der Waals surface area contributed by atoms with Gasteiger partial charge in [-0.25, -0.2) is 9.98 Å². The zero-order chi connectivity index (χ0) is 15.9. The lowest BCUT2D eigenvalue weighted by Crippen LogP contribution is -2.36. The minimum absolute atomic E-state index is 0. The highest BCUT2D eigenvalue weighted by Gasteiger charge is 2.04. The number of thiophene rings is 1. The van der Waals surface area contributed by atoms with Gasteiger partial charge in [0.1, 0.15) is 0 Å². The fourth-order valence-electron chi connectivity index (χ4n) is 1.83. The summed E-state index contributed by atoms with van der Waals surface area (Å²) >= 11 is 3.45. The summed E-state index contributed by atoms with van der Waals surface area (Å²) in [5, 5.41) is 9.70. The average Bonchev–Trinajstić information content (AvgIpc) is 3.11. The molecular weight excluding hydrogens is 441 g/mol. The van der Waals surface area contributed by atoms with Crippen molar-refractivity contribution >= 4 is 57.7 Å². The SMILES string of the molecule is CCNC(=NCc1csc(N(C)C)n1)NCc1ccc(C)s1.I. The van der Waals surface area contributed by atoms with Gasteiger partial charge in [0.05, 0.1) is 18.8 Å². The zero-order valence-electron chi connectivity index (χ0n) is 13.9. The number of thiazole rings is 1. The van der Waals surface area contributed by atoms with Crippen molar-refractivity contribution in [3.63, 3.8) is 0 Å². The van der Waals surface area contributed by atoms with E-state index in [9.17, 15) is 0 Å². The van der Waals surface area contributed by atoms with E-state index in [1.807, 2.05) is 30.3 Å². The van der Waals surface area contributed by atoms with E-state index in [1.54, 1.807) is 11.3 Å². The molecule has 2 heterocycles. The second kappa shape index (κ2) is 10.1. The average molecular weight is 465 g/mol. The number of anilines is 1. The highest BCUT2D eigenvalue weighted by molar-refractivity contribution is 14.0. The predicted octanol–water partition coefficient (Wildman–Crippen LogP) is 3.45. The van der Waals surface area contributed by atoms with E-state index in [1.165, 1.54) is 9.75 Å². The number of nitrogens with one attached hydrogen (secondary N) is 2. The van der Waals surface area contributed by atoms with E-state index < -0.39 is 0 Å². The predicted molar refractivity (Wildman–Crippen MR) is 113 cm³/mol. The lowest BCUT2D eigenvalue weighted by Gasteiger charge is -2.10. The van der Waals surface area contributed by atoms with Gasteiger partial charge in [-0.1, -0.05) is 0 Å². The third-order valence-corrected chi connectivity index (χ3v) is 4.95. The minimum Gasteiger partial charge on any atom is -0.357 e. The number of nitrogens with zero attached hydrogens (tertiary/aromatic N) is 3. The summed E-state index contributed by atoms with van der Waals surface area (Å²) in [6, 6.07) is 4.30. The monoisotopic (exact) mass is 465 g/mol. The molecule has 0 aromatic carbocycles. The van der Waals surface area contributed by atoms with Crippen molar-refractivity contribution in [1.29, 1.82) is 0 Å².